The Morgan fingerprint density at radius 2 is 2.20 bits per heavy atom. The molecule has 0 saturated heterocycles. The van der Waals surface area contributed by atoms with Crippen molar-refractivity contribution in [2.45, 2.75) is 0 Å². The van der Waals surface area contributed by atoms with Gasteiger partial charge >= 0.3 is 0 Å². The van der Waals surface area contributed by atoms with Gasteiger partial charge in [-0.1, -0.05) is 11.6 Å². The number of rotatable bonds is 2. The van der Waals surface area contributed by atoms with Crippen LogP contribution in [0, 0.1) is 11.3 Å². The minimum atomic E-state index is -0.878. The van der Waals surface area contributed by atoms with E-state index in [1.54, 1.807) is 6.07 Å². The molecule has 1 N–H and O–H groups in total. The number of hydrogen-bond donors (Lipinski definition) is 1. The van der Waals surface area contributed by atoms with E-state index in [1.165, 1.54) is 24.3 Å². The Morgan fingerprint density at radius 1 is 1.53 bits per heavy atom. The molecule has 0 aliphatic carbocycles. The van der Waals surface area contributed by atoms with Crippen molar-refractivity contribution in [2.24, 2.45) is 0 Å². The Kier molecular flexibility index (Phi) is 3.73. The highest BCUT2D eigenvalue weighted by atomic mass is 35.5. The van der Waals surface area contributed by atoms with Crippen LogP contribution in [0.1, 0.15) is 5.56 Å². The number of aromatic hydroxyl groups is 1. The molecule has 1 aromatic carbocycles. The van der Waals surface area contributed by atoms with Gasteiger partial charge in [-0.25, -0.2) is 0 Å². The van der Waals surface area contributed by atoms with Crippen LogP contribution in [0.15, 0.2) is 23.8 Å². The first-order valence-corrected chi connectivity index (χ1v) is 4.60. The second kappa shape index (κ2) is 4.83. The molecule has 0 amide bonds. The summed E-state index contributed by atoms with van der Waals surface area (Å²) in [4.78, 5) is 10.7. The fourth-order valence-corrected chi connectivity index (χ4v) is 1.21. The molecule has 0 aliphatic rings. The molecule has 0 spiro atoms. The maximum Gasteiger partial charge on any atom is 0.262 e. The number of nitrogens with zero attached hydrogens (tertiary/aromatic N) is 1. The minimum Gasteiger partial charge on any atom is -0.507 e. The van der Waals surface area contributed by atoms with Gasteiger partial charge in [0.05, 0.1) is 0 Å². The molecular formula is C10H5Cl2NO2. The molecule has 5 heteroatoms. The van der Waals surface area contributed by atoms with E-state index in [-0.39, 0.29) is 16.9 Å². The molecule has 1 rings (SSSR count). The van der Waals surface area contributed by atoms with E-state index in [0.717, 1.165) is 0 Å². The second-order valence-electron chi connectivity index (χ2n) is 2.65. The van der Waals surface area contributed by atoms with Crippen LogP contribution < -0.4 is 0 Å². The predicted molar refractivity (Wildman–Crippen MR) is 57.6 cm³/mol. The lowest BCUT2D eigenvalue weighted by Crippen LogP contribution is -1.89. The lowest BCUT2D eigenvalue weighted by molar-refractivity contribution is -0.108. The average molecular weight is 242 g/mol. The fraction of sp³-hybridized carbons (Fsp3) is 0. The first kappa shape index (κ1) is 11.6. The second-order valence-corrected chi connectivity index (χ2v) is 3.43. The average Bonchev–Trinajstić information content (AvgIpc) is 2.18. The molecule has 0 heterocycles. The summed E-state index contributed by atoms with van der Waals surface area (Å²) in [5, 5.41) is 17.5. The van der Waals surface area contributed by atoms with Crippen LogP contribution in [0.3, 0.4) is 0 Å². The van der Waals surface area contributed by atoms with Crippen molar-refractivity contribution in [3.05, 3.63) is 34.4 Å². The van der Waals surface area contributed by atoms with Gasteiger partial charge in [-0.2, -0.15) is 5.26 Å². The van der Waals surface area contributed by atoms with Crippen LogP contribution in [-0.4, -0.2) is 10.3 Å². The van der Waals surface area contributed by atoms with E-state index in [9.17, 15) is 9.90 Å². The maximum atomic E-state index is 10.7. The van der Waals surface area contributed by atoms with Crippen molar-refractivity contribution < 1.29 is 9.90 Å². The van der Waals surface area contributed by atoms with E-state index < -0.39 is 5.24 Å². The highest BCUT2D eigenvalue weighted by Crippen LogP contribution is 2.24. The highest BCUT2D eigenvalue weighted by Gasteiger charge is 2.07. The summed E-state index contributed by atoms with van der Waals surface area (Å²) < 4.78 is 0. The van der Waals surface area contributed by atoms with Gasteiger partial charge in [0.1, 0.15) is 17.4 Å². The molecular weight excluding hydrogens is 237 g/mol. The van der Waals surface area contributed by atoms with Crippen LogP contribution in [-0.2, 0) is 4.79 Å². The highest BCUT2D eigenvalue weighted by molar-refractivity contribution is 6.68. The first-order chi connectivity index (χ1) is 7.04. The number of phenols is 1. The summed E-state index contributed by atoms with van der Waals surface area (Å²) in [7, 11) is 0. The van der Waals surface area contributed by atoms with E-state index in [0.29, 0.717) is 5.02 Å². The van der Waals surface area contributed by atoms with Crippen LogP contribution in [0.25, 0.3) is 6.08 Å². The summed E-state index contributed by atoms with van der Waals surface area (Å²) in [6.45, 7) is 0. The van der Waals surface area contributed by atoms with Crippen LogP contribution in [0.4, 0.5) is 0 Å². The third-order valence-electron chi connectivity index (χ3n) is 1.62. The molecule has 0 fully saturated rings. The predicted octanol–water partition coefficient (Wildman–Crippen LogP) is 2.72. The summed E-state index contributed by atoms with van der Waals surface area (Å²) in [6.07, 6.45) is 1.18. The van der Waals surface area contributed by atoms with Gasteiger partial charge in [0.25, 0.3) is 5.24 Å². The molecule has 0 unspecified atom stereocenters. The third-order valence-corrected chi connectivity index (χ3v) is 2.06. The third kappa shape index (κ3) is 2.98. The van der Waals surface area contributed by atoms with Crippen LogP contribution in [0.2, 0.25) is 5.02 Å². The van der Waals surface area contributed by atoms with Gasteiger partial charge in [-0.05, 0) is 35.9 Å². The van der Waals surface area contributed by atoms with Gasteiger partial charge in [-0.15, -0.1) is 0 Å². The normalized spacial score (nSPS) is 10.9. The Morgan fingerprint density at radius 3 is 2.73 bits per heavy atom. The fourth-order valence-electron chi connectivity index (χ4n) is 0.929. The van der Waals surface area contributed by atoms with Crippen molar-refractivity contribution in [1.29, 1.82) is 5.26 Å². The molecule has 76 valence electrons. The Balaban J connectivity index is 3.23. The molecule has 15 heavy (non-hydrogen) atoms. The van der Waals surface area contributed by atoms with Gasteiger partial charge < -0.3 is 5.11 Å². The van der Waals surface area contributed by atoms with Crippen molar-refractivity contribution in [3.8, 4) is 11.8 Å². The summed E-state index contributed by atoms with van der Waals surface area (Å²) >= 11 is 10.8. The maximum absolute atomic E-state index is 10.7. The van der Waals surface area contributed by atoms with Gasteiger partial charge in [-0.3, -0.25) is 4.79 Å². The lowest BCUT2D eigenvalue weighted by atomic mass is 10.1. The molecule has 0 aromatic heterocycles. The molecule has 0 aliphatic heterocycles. The number of hydrogen-bond acceptors (Lipinski definition) is 3. The van der Waals surface area contributed by atoms with Gasteiger partial charge in [0.2, 0.25) is 0 Å². The minimum absolute atomic E-state index is 0.0786. The largest absolute Gasteiger partial charge is 0.507 e. The summed E-state index contributed by atoms with van der Waals surface area (Å²) in [6, 6.07) is 5.90. The topological polar surface area (TPSA) is 61.1 Å². The van der Waals surface area contributed by atoms with E-state index in [2.05, 4.69) is 0 Å². The van der Waals surface area contributed by atoms with Crippen LogP contribution >= 0.6 is 23.2 Å². The molecule has 0 saturated carbocycles. The van der Waals surface area contributed by atoms with E-state index in [1.807, 2.05) is 0 Å². The molecule has 1 aromatic rings. The zero-order valence-electron chi connectivity index (χ0n) is 7.37. The number of phenolic OH excluding ortho intramolecular Hbond substituents is 1. The summed E-state index contributed by atoms with van der Waals surface area (Å²) in [5.41, 5.74) is 0.0160. The zero-order valence-corrected chi connectivity index (χ0v) is 8.88. The number of carbonyl (C=O) groups is 1. The molecule has 0 atom stereocenters. The zero-order chi connectivity index (χ0) is 11.4. The van der Waals surface area contributed by atoms with Crippen LogP contribution in [0.5, 0.6) is 5.75 Å². The lowest BCUT2D eigenvalue weighted by Gasteiger charge is -1.99. The Bertz CT molecular complexity index is 475. The van der Waals surface area contributed by atoms with Crippen molar-refractivity contribution in [1.82, 2.24) is 0 Å². The summed E-state index contributed by atoms with van der Waals surface area (Å²) in [5.74, 6) is -0.0786. The van der Waals surface area contributed by atoms with Gasteiger partial charge in [0.15, 0.2) is 0 Å². The number of benzene rings is 1. The number of carbonyl (C=O) groups excluding carboxylic acids is 1. The molecule has 0 bridgehead atoms. The monoisotopic (exact) mass is 241 g/mol. The molecule has 0 radical (unpaired) electrons. The van der Waals surface area contributed by atoms with Crippen molar-refractivity contribution >= 4 is 34.5 Å². The van der Waals surface area contributed by atoms with E-state index in [4.69, 9.17) is 28.5 Å². The number of allylic oxidation sites excluding steroid dienone is 1. The Hall–Kier alpha value is -1.50. The SMILES string of the molecule is N#CC(=Cc1cc(Cl)ccc1O)C(=O)Cl. The Labute approximate surface area is 96.2 Å². The quantitative estimate of drug-likeness (QED) is 0.492. The first-order valence-electron chi connectivity index (χ1n) is 3.84. The standard InChI is InChI=1S/C10H5Cl2NO2/c11-8-1-2-9(14)6(4-8)3-7(5-13)10(12)15/h1-4,14H. The van der Waals surface area contributed by atoms with E-state index >= 15 is 0 Å². The van der Waals surface area contributed by atoms with Gasteiger partial charge in [0, 0.05) is 10.6 Å². The number of halogens is 2. The molecule has 3 nitrogen and oxygen atoms in total. The van der Waals surface area contributed by atoms with Crippen molar-refractivity contribution in [2.75, 3.05) is 0 Å². The smallest absolute Gasteiger partial charge is 0.262 e. The number of nitriles is 1. The van der Waals surface area contributed by atoms with Crippen molar-refractivity contribution in [3.63, 3.8) is 0 Å².